The van der Waals surface area contributed by atoms with Gasteiger partial charge in [-0.3, -0.25) is 4.79 Å². The Balaban J connectivity index is 1.72. The van der Waals surface area contributed by atoms with Crippen LogP contribution in [-0.2, 0) is 4.74 Å². The Labute approximate surface area is 173 Å². The number of nitrogens with zero attached hydrogens (tertiary/aromatic N) is 2. The Kier molecular flexibility index (Phi) is 6.20. The molecule has 1 aliphatic rings. The fourth-order valence-corrected chi connectivity index (χ4v) is 4.17. The van der Waals surface area contributed by atoms with Crippen LogP contribution in [0, 0.1) is 0 Å². The highest BCUT2D eigenvalue weighted by Gasteiger charge is 2.34. The van der Waals surface area contributed by atoms with Gasteiger partial charge in [-0.05, 0) is 65.5 Å². The zero-order valence-electron chi connectivity index (χ0n) is 18.2. The van der Waals surface area contributed by atoms with Gasteiger partial charge >= 0.3 is 6.09 Å². The highest BCUT2D eigenvalue weighted by atomic mass is 16.6. The third-order valence-corrected chi connectivity index (χ3v) is 5.65. The van der Waals surface area contributed by atoms with Crippen molar-refractivity contribution >= 4 is 22.9 Å². The highest BCUT2D eigenvalue weighted by molar-refractivity contribution is 5.98. The summed E-state index contributed by atoms with van der Waals surface area (Å²) in [5, 5.41) is 1.04. The number of hydrogen-bond donors (Lipinski definition) is 1. The maximum atomic E-state index is 13.2. The van der Waals surface area contributed by atoms with Crippen LogP contribution in [0.2, 0.25) is 0 Å². The number of amides is 2. The van der Waals surface area contributed by atoms with Crippen LogP contribution < -0.4 is 0 Å². The van der Waals surface area contributed by atoms with Crippen LogP contribution in [0.15, 0.2) is 30.3 Å². The van der Waals surface area contributed by atoms with E-state index in [9.17, 15) is 9.59 Å². The van der Waals surface area contributed by atoms with E-state index in [4.69, 9.17) is 4.74 Å². The van der Waals surface area contributed by atoms with Crippen molar-refractivity contribution < 1.29 is 14.3 Å². The molecule has 6 heteroatoms. The van der Waals surface area contributed by atoms with Crippen LogP contribution in [-0.4, -0.2) is 58.1 Å². The van der Waals surface area contributed by atoms with Crippen molar-refractivity contribution in [3.63, 3.8) is 0 Å². The molecule has 3 rings (SSSR count). The standard InChI is InChI=1S/C23H33N3O3/c1-6-26(21(27)20-14-16-10-7-8-13-19(16)24-20)18-12-9-11-17(15-18)25(5)22(28)29-23(2,3)4/h7-8,10,13-14,17-18,24H,6,9,11-12,15H2,1-5H3/t17-,18+/m1/s1. The molecule has 29 heavy (non-hydrogen) atoms. The maximum absolute atomic E-state index is 13.2. The summed E-state index contributed by atoms with van der Waals surface area (Å²) in [6, 6.07) is 10.0. The average Bonchev–Trinajstić information content (AvgIpc) is 3.11. The number of para-hydroxylation sites is 1. The Hall–Kier alpha value is -2.50. The molecular formula is C23H33N3O3. The van der Waals surface area contributed by atoms with Crippen LogP contribution in [0.3, 0.4) is 0 Å². The molecule has 1 saturated carbocycles. The monoisotopic (exact) mass is 399 g/mol. The second kappa shape index (κ2) is 8.47. The van der Waals surface area contributed by atoms with Gasteiger partial charge in [0.15, 0.2) is 0 Å². The van der Waals surface area contributed by atoms with Gasteiger partial charge in [-0.1, -0.05) is 18.2 Å². The summed E-state index contributed by atoms with van der Waals surface area (Å²) < 4.78 is 5.53. The second-order valence-electron chi connectivity index (χ2n) is 8.93. The van der Waals surface area contributed by atoms with Crippen molar-refractivity contribution in [2.75, 3.05) is 13.6 Å². The predicted octanol–water partition coefficient (Wildman–Crippen LogP) is 4.81. The Bertz CT molecular complexity index is 835. The molecule has 1 N–H and O–H groups in total. The number of nitrogens with one attached hydrogen (secondary N) is 1. The molecule has 0 radical (unpaired) electrons. The Morgan fingerprint density at radius 2 is 1.86 bits per heavy atom. The van der Waals surface area contributed by atoms with Crippen molar-refractivity contribution in [3.8, 4) is 0 Å². The van der Waals surface area contributed by atoms with Crippen molar-refractivity contribution in [1.82, 2.24) is 14.8 Å². The molecule has 0 aliphatic heterocycles. The molecule has 0 bridgehead atoms. The number of H-pyrrole nitrogens is 1. The van der Waals surface area contributed by atoms with Gasteiger partial charge in [0.1, 0.15) is 11.3 Å². The lowest BCUT2D eigenvalue weighted by Crippen LogP contribution is -2.49. The first-order valence-corrected chi connectivity index (χ1v) is 10.5. The summed E-state index contributed by atoms with van der Waals surface area (Å²) in [5.74, 6) is 0.0225. The lowest BCUT2D eigenvalue weighted by molar-refractivity contribution is 0.0137. The largest absolute Gasteiger partial charge is 0.444 e. The van der Waals surface area contributed by atoms with E-state index in [1.165, 1.54) is 0 Å². The van der Waals surface area contributed by atoms with Crippen molar-refractivity contribution in [2.45, 2.75) is 71.1 Å². The molecule has 0 spiro atoms. The minimum atomic E-state index is -0.513. The smallest absolute Gasteiger partial charge is 0.410 e. The third kappa shape index (κ3) is 4.92. The summed E-state index contributed by atoms with van der Waals surface area (Å²) in [6.07, 6.45) is 3.35. The number of fused-ring (bicyclic) bond motifs is 1. The van der Waals surface area contributed by atoms with E-state index in [0.29, 0.717) is 12.2 Å². The molecule has 0 saturated heterocycles. The van der Waals surface area contributed by atoms with Gasteiger partial charge in [-0.15, -0.1) is 0 Å². The molecule has 1 heterocycles. The molecule has 1 aromatic heterocycles. The molecule has 6 nitrogen and oxygen atoms in total. The van der Waals surface area contributed by atoms with E-state index >= 15 is 0 Å². The van der Waals surface area contributed by atoms with Crippen molar-refractivity contribution in [1.29, 1.82) is 0 Å². The normalized spacial score (nSPS) is 19.8. The zero-order valence-corrected chi connectivity index (χ0v) is 18.2. The number of ether oxygens (including phenoxy) is 1. The lowest BCUT2D eigenvalue weighted by Gasteiger charge is -2.40. The first-order valence-electron chi connectivity index (χ1n) is 10.5. The SMILES string of the molecule is CCN(C(=O)c1cc2ccccc2[nH]1)[C@H]1CCC[C@@H](N(C)C(=O)OC(C)(C)C)C1. The molecule has 158 valence electrons. The van der Waals surface area contributed by atoms with E-state index < -0.39 is 5.60 Å². The number of aromatic amines is 1. The quantitative estimate of drug-likeness (QED) is 0.802. The van der Waals surface area contributed by atoms with Crippen molar-refractivity contribution in [3.05, 3.63) is 36.0 Å². The summed E-state index contributed by atoms with van der Waals surface area (Å²) in [6.45, 7) is 8.28. The number of carbonyl (C=O) groups excluding carboxylic acids is 2. The van der Waals surface area contributed by atoms with Gasteiger partial charge in [0, 0.05) is 36.6 Å². The molecule has 2 atom stereocenters. The molecular weight excluding hydrogens is 366 g/mol. The van der Waals surface area contributed by atoms with Crippen LogP contribution in [0.5, 0.6) is 0 Å². The van der Waals surface area contributed by atoms with Gasteiger partial charge in [0.25, 0.3) is 5.91 Å². The van der Waals surface area contributed by atoms with E-state index in [0.717, 1.165) is 36.6 Å². The second-order valence-corrected chi connectivity index (χ2v) is 8.93. The van der Waals surface area contributed by atoms with Crippen LogP contribution in [0.1, 0.15) is 63.9 Å². The fourth-order valence-electron chi connectivity index (χ4n) is 4.17. The van der Waals surface area contributed by atoms with Crippen LogP contribution in [0.4, 0.5) is 4.79 Å². The third-order valence-electron chi connectivity index (χ3n) is 5.65. The Morgan fingerprint density at radius 1 is 1.17 bits per heavy atom. The summed E-state index contributed by atoms with van der Waals surface area (Å²) >= 11 is 0. The molecule has 2 amide bonds. The number of rotatable bonds is 4. The summed E-state index contributed by atoms with van der Waals surface area (Å²) in [5.41, 5.74) is 1.08. The number of benzene rings is 1. The minimum absolute atomic E-state index is 0.0225. The number of hydrogen-bond acceptors (Lipinski definition) is 3. The van der Waals surface area contributed by atoms with E-state index in [1.54, 1.807) is 11.9 Å². The number of aromatic nitrogens is 1. The molecule has 1 aromatic carbocycles. The van der Waals surface area contributed by atoms with Gasteiger partial charge in [0.05, 0.1) is 0 Å². The summed E-state index contributed by atoms with van der Waals surface area (Å²) in [4.78, 5) is 32.6. The summed E-state index contributed by atoms with van der Waals surface area (Å²) in [7, 11) is 1.80. The number of carbonyl (C=O) groups is 2. The van der Waals surface area contributed by atoms with E-state index in [1.807, 2.05) is 62.9 Å². The molecule has 1 aliphatic carbocycles. The predicted molar refractivity (Wildman–Crippen MR) is 115 cm³/mol. The Morgan fingerprint density at radius 3 is 2.52 bits per heavy atom. The highest BCUT2D eigenvalue weighted by Crippen LogP contribution is 2.28. The first-order chi connectivity index (χ1) is 13.7. The lowest BCUT2D eigenvalue weighted by atomic mass is 9.89. The minimum Gasteiger partial charge on any atom is -0.444 e. The van der Waals surface area contributed by atoms with Crippen LogP contribution >= 0.6 is 0 Å². The molecule has 0 unspecified atom stereocenters. The average molecular weight is 400 g/mol. The topological polar surface area (TPSA) is 65.6 Å². The van der Waals surface area contributed by atoms with Gasteiger partial charge in [-0.25, -0.2) is 4.79 Å². The fraction of sp³-hybridized carbons (Fsp3) is 0.565. The molecule has 1 fully saturated rings. The van der Waals surface area contributed by atoms with Gasteiger partial charge < -0.3 is 19.5 Å². The van der Waals surface area contributed by atoms with Crippen LogP contribution in [0.25, 0.3) is 10.9 Å². The van der Waals surface area contributed by atoms with E-state index in [2.05, 4.69) is 4.98 Å². The molecule has 2 aromatic rings. The maximum Gasteiger partial charge on any atom is 0.410 e. The van der Waals surface area contributed by atoms with Gasteiger partial charge in [0.2, 0.25) is 0 Å². The zero-order chi connectivity index (χ0) is 21.2. The van der Waals surface area contributed by atoms with Gasteiger partial charge in [-0.2, -0.15) is 0 Å². The van der Waals surface area contributed by atoms with E-state index in [-0.39, 0.29) is 24.1 Å². The first kappa shape index (κ1) is 21.2. The van der Waals surface area contributed by atoms with Crippen molar-refractivity contribution in [2.24, 2.45) is 0 Å².